The third kappa shape index (κ3) is 2.68. The smallest absolute Gasteiger partial charge is 0.358 e. The summed E-state index contributed by atoms with van der Waals surface area (Å²) in [6.07, 6.45) is 2.80. The minimum atomic E-state index is -1.12. The molecule has 3 heterocycles. The molecule has 0 spiro atoms. The van der Waals surface area contributed by atoms with Crippen LogP contribution >= 0.6 is 0 Å². The summed E-state index contributed by atoms with van der Waals surface area (Å²) in [6, 6.07) is 1.40. The van der Waals surface area contributed by atoms with Crippen molar-refractivity contribution in [3.8, 4) is 0 Å². The molecule has 0 radical (unpaired) electrons. The van der Waals surface area contributed by atoms with Gasteiger partial charge in [-0.05, 0) is 0 Å². The molecule has 10 nitrogen and oxygen atoms in total. The molecule has 1 aliphatic rings. The second-order valence-corrected chi connectivity index (χ2v) is 4.60. The first-order chi connectivity index (χ1) is 10.1. The zero-order valence-corrected chi connectivity index (χ0v) is 10.8. The molecule has 1 aliphatic heterocycles. The zero-order chi connectivity index (χ0) is 14.8. The molecule has 21 heavy (non-hydrogen) atoms. The van der Waals surface area contributed by atoms with Crippen LogP contribution in [0.4, 0.5) is 4.79 Å². The summed E-state index contributed by atoms with van der Waals surface area (Å²) in [5.74, 6) is -1.12. The Balaban J connectivity index is 1.48. The van der Waals surface area contributed by atoms with Crippen molar-refractivity contribution in [3.05, 3.63) is 29.9 Å². The number of carbonyl (C=O) groups is 2. The zero-order valence-electron chi connectivity index (χ0n) is 10.8. The molecule has 1 fully saturated rings. The van der Waals surface area contributed by atoms with E-state index in [-0.39, 0.29) is 17.8 Å². The van der Waals surface area contributed by atoms with E-state index in [0.29, 0.717) is 25.3 Å². The van der Waals surface area contributed by atoms with Gasteiger partial charge in [0.25, 0.3) is 0 Å². The van der Waals surface area contributed by atoms with Crippen LogP contribution < -0.4 is 5.32 Å². The van der Waals surface area contributed by atoms with Crippen molar-refractivity contribution in [1.29, 1.82) is 0 Å². The molecule has 3 rings (SSSR count). The first-order valence-electron chi connectivity index (χ1n) is 6.20. The minimum Gasteiger partial charge on any atom is -0.476 e. The van der Waals surface area contributed by atoms with E-state index in [1.54, 1.807) is 11.0 Å². The van der Waals surface area contributed by atoms with E-state index in [4.69, 9.17) is 5.11 Å². The highest BCUT2D eigenvalue weighted by Crippen LogP contribution is 2.20. The summed E-state index contributed by atoms with van der Waals surface area (Å²) >= 11 is 0. The molecule has 2 aromatic rings. The molecule has 2 amide bonds. The van der Waals surface area contributed by atoms with Crippen LogP contribution in [0.1, 0.15) is 22.2 Å². The predicted molar refractivity (Wildman–Crippen MR) is 66.3 cm³/mol. The minimum absolute atomic E-state index is 0.0524. The average Bonchev–Trinajstić information content (AvgIpc) is 3.06. The molecule has 0 atom stereocenters. The lowest BCUT2D eigenvalue weighted by molar-refractivity contribution is 0.0690. The number of aromatic carboxylic acids is 1. The van der Waals surface area contributed by atoms with Gasteiger partial charge in [0.05, 0.1) is 18.8 Å². The second kappa shape index (κ2) is 5.23. The summed E-state index contributed by atoms with van der Waals surface area (Å²) in [5, 5.41) is 22.4. The van der Waals surface area contributed by atoms with E-state index in [1.807, 2.05) is 0 Å². The van der Waals surface area contributed by atoms with Crippen LogP contribution in [-0.4, -0.2) is 55.2 Å². The van der Waals surface area contributed by atoms with Crippen LogP contribution in [0.3, 0.4) is 0 Å². The predicted octanol–water partition coefficient (Wildman–Crippen LogP) is -0.269. The fourth-order valence-corrected chi connectivity index (χ4v) is 1.95. The Morgan fingerprint density at radius 2 is 2.29 bits per heavy atom. The number of urea groups is 1. The molecule has 0 aromatic carbocycles. The summed E-state index contributed by atoms with van der Waals surface area (Å²) in [6.45, 7) is 1.20. The average molecular weight is 292 g/mol. The SMILES string of the molecule is O=C(O)c1cn(C2CN(C(=O)NCc3ccon3)C2)nn1. The number of amides is 2. The van der Waals surface area contributed by atoms with Crippen LogP contribution in [0, 0.1) is 0 Å². The van der Waals surface area contributed by atoms with Crippen molar-refractivity contribution in [2.45, 2.75) is 12.6 Å². The van der Waals surface area contributed by atoms with E-state index in [9.17, 15) is 9.59 Å². The number of hydrogen-bond acceptors (Lipinski definition) is 6. The Labute approximate surface area is 118 Å². The Morgan fingerprint density at radius 1 is 1.48 bits per heavy atom. The molecule has 110 valence electrons. The number of carboxylic acids is 1. The van der Waals surface area contributed by atoms with E-state index < -0.39 is 5.97 Å². The Kier molecular flexibility index (Phi) is 3.26. The lowest BCUT2D eigenvalue weighted by Gasteiger charge is -2.38. The van der Waals surface area contributed by atoms with Gasteiger partial charge in [-0.15, -0.1) is 5.10 Å². The van der Waals surface area contributed by atoms with Gasteiger partial charge >= 0.3 is 12.0 Å². The van der Waals surface area contributed by atoms with Crippen molar-refractivity contribution in [3.63, 3.8) is 0 Å². The van der Waals surface area contributed by atoms with E-state index in [2.05, 4.69) is 25.3 Å². The lowest BCUT2D eigenvalue weighted by atomic mass is 10.1. The number of aromatic nitrogens is 4. The van der Waals surface area contributed by atoms with Crippen molar-refractivity contribution in [1.82, 2.24) is 30.4 Å². The molecule has 0 aliphatic carbocycles. The van der Waals surface area contributed by atoms with Gasteiger partial charge in [0.2, 0.25) is 0 Å². The lowest BCUT2D eigenvalue weighted by Crippen LogP contribution is -2.54. The fraction of sp³-hybridized carbons (Fsp3) is 0.364. The summed E-state index contributed by atoms with van der Waals surface area (Å²) in [5.41, 5.74) is 0.534. The van der Waals surface area contributed by atoms with Gasteiger partial charge in [-0.3, -0.25) is 0 Å². The van der Waals surface area contributed by atoms with Gasteiger partial charge in [-0.2, -0.15) is 0 Å². The van der Waals surface area contributed by atoms with Gasteiger partial charge < -0.3 is 19.8 Å². The third-order valence-electron chi connectivity index (χ3n) is 3.16. The highest BCUT2D eigenvalue weighted by atomic mass is 16.5. The Hall–Kier alpha value is -2.91. The van der Waals surface area contributed by atoms with Crippen LogP contribution in [0.15, 0.2) is 23.0 Å². The van der Waals surface area contributed by atoms with Crippen molar-refractivity contribution >= 4 is 12.0 Å². The Bertz CT molecular complexity index is 645. The maximum Gasteiger partial charge on any atom is 0.358 e. The molecule has 0 unspecified atom stereocenters. The summed E-state index contributed by atoms with van der Waals surface area (Å²) in [4.78, 5) is 24.1. The molecule has 1 saturated heterocycles. The van der Waals surface area contributed by atoms with E-state index in [1.165, 1.54) is 17.1 Å². The van der Waals surface area contributed by atoms with Gasteiger partial charge in [0.1, 0.15) is 12.0 Å². The largest absolute Gasteiger partial charge is 0.476 e. The van der Waals surface area contributed by atoms with Crippen molar-refractivity contribution in [2.24, 2.45) is 0 Å². The highest BCUT2D eigenvalue weighted by molar-refractivity contribution is 5.84. The second-order valence-electron chi connectivity index (χ2n) is 4.60. The van der Waals surface area contributed by atoms with Crippen LogP contribution in [0.25, 0.3) is 0 Å². The molecular weight excluding hydrogens is 280 g/mol. The number of nitrogens with one attached hydrogen (secondary N) is 1. The van der Waals surface area contributed by atoms with Gasteiger partial charge in [0.15, 0.2) is 5.69 Å². The van der Waals surface area contributed by atoms with Crippen molar-refractivity contribution in [2.75, 3.05) is 13.1 Å². The normalized spacial score (nSPS) is 14.8. The maximum absolute atomic E-state index is 11.8. The quantitative estimate of drug-likeness (QED) is 0.794. The van der Waals surface area contributed by atoms with Gasteiger partial charge in [-0.1, -0.05) is 10.4 Å². The third-order valence-corrected chi connectivity index (χ3v) is 3.16. The number of hydrogen-bond donors (Lipinski definition) is 2. The first-order valence-corrected chi connectivity index (χ1v) is 6.20. The fourth-order valence-electron chi connectivity index (χ4n) is 1.95. The molecule has 10 heteroatoms. The first kappa shape index (κ1) is 13.1. The van der Waals surface area contributed by atoms with Crippen LogP contribution in [-0.2, 0) is 6.54 Å². The van der Waals surface area contributed by atoms with Crippen molar-refractivity contribution < 1.29 is 19.2 Å². The Morgan fingerprint density at radius 3 is 2.90 bits per heavy atom. The van der Waals surface area contributed by atoms with E-state index in [0.717, 1.165) is 0 Å². The van der Waals surface area contributed by atoms with Crippen LogP contribution in [0.5, 0.6) is 0 Å². The number of carboxylic acid groups (broad SMARTS) is 1. The molecule has 0 bridgehead atoms. The monoisotopic (exact) mass is 292 g/mol. The van der Waals surface area contributed by atoms with Gasteiger partial charge in [-0.25, -0.2) is 14.3 Å². The summed E-state index contributed by atoms with van der Waals surface area (Å²) in [7, 11) is 0. The van der Waals surface area contributed by atoms with Gasteiger partial charge in [0, 0.05) is 19.2 Å². The topological polar surface area (TPSA) is 126 Å². The number of likely N-dealkylation sites (tertiary alicyclic amines) is 1. The highest BCUT2D eigenvalue weighted by Gasteiger charge is 2.33. The molecular formula is C11H12N6O4. The standard InChI is InChI=1S/C11H12N6O4/c18-10(19)9-6-17(15-13-9)8-4-16(5-8)11(20)12-3-7-1-2-21-14-7/h1-2,6,8H,3-5H2,(H,12,20)(H,18,19). The molecule has 0 saturated carbocycles. The summed E-state index contributed by atoms with van der Waals surface area (Å²) < 4.78 is 6.13. The molecule has 2 N–H and O–H groups in total. The number of nitrogens with zero attached hydrogens (tertiary/aromatic N) is 5. The maximum atomic E-state index is 11.8. The van der Waals surface area contributed by atoms with E-state index >= 15 is 0 Å². The number of rotatable bonds is 4. The molecule has 2 aromatic heterocycles. The number of carbonyl (C=O) groups excluding carboxylic acids is 1. The van der Waals surface area contributed by atoms with Crippen LogP contribution in [0.2, 0.25) is 0 Å².